The van der Waals surface area contributed by atoms with Gasteiger partial charge in [0.1, 0.15) is 0 Å². The molecule has 0 aromatic carbocycles. The first-order chi connectivity index (χ1) is 7.04. The topological polar surface area (TPSA) is 94.8 Å². The fourth-order valence-corrected chi connectivity index (χ4v) is 0.681. The number of hydrogen-bond donors (Lipinski definition) is 3. The molecule has 0 aliphatic heterocycles. The van der Waals surface area contributed by atoms with Crippen molar-refractivity contribution in [2.45, 2.75) is 32.6 Å². The second-order valence-corrected chi connectivity index (χ2v) is 2.79. The zero-order valence-corrected chi connectivity index (χ0v) is 8.85. The van der Waals surface area contributed by atoms with E-state index in [2.05, 4.69) is 6.92 Å². The molecule has 0 rings (SSSR count). The Labute approximate surface area is 89.0 Å². The summed E-state index contributed by atoms with van der Waals surface area (Å²) < 4.78 is 0. The summed E-state index contributed by atoms with van der Waals surface area (Å²) in [6, 6.07) is 0. The highest BCUT2D eigenvalue weighted by atomic mass is 16.4. The molecule has 0 amide bonds. The molecule has 0 aliphatic carbocycles. The molecular weight excluding hydrogens is 200 g/mol. The number of aliphatic hydroxyl groups is 1. The number of unbranched alkanes of at least 4 members (excludes halogenated alkanes) is 3. The maximum absolute atomic E-state index is 9.55. The molecule has 0 aromatic heterocycles. The van der Waals surface area contributed by atoms with Crippen LogP contribution in [-0.4, -0.2) is 33.9 Å². The average Bonchev–Trinajstić information content (AvgIpc) is 2.17. The summed E-state index contributed by atoms with van der Waals surface area (Å²) in [6.45, 7) is 2.53. The molecule has 0 saturated carbocycles. The summed E-state index contributed by atoms with van der Waals surface area (Å²) in [5, 5.41) is 23.9. The lowest BCUT2D eigenvalue weighted by atomic mass is 10.2. The lowest BCUT2D eigenvalue weighted by Gasteiger charge is -1.90. The molecule has 5 heteroatoms. The Kier molecular flexibility index (Phi) is 13.6. The minimum Gasteiger partial charge on any atom is -0.478 e. The molecule has 3 N–H and O–H groups in total. The number of carbonyl (C=O) groups is 2. The molecule has 0 saturated heterocycles. The van der Waals surface area contributed by atoms with E-state index in [1.54, 1.807) is 0 Å². The summed E-state index contributed by atoms with van der Waals surface area (Å²) in [5.74, 6) is -2.51. The Hall–Kier alpha value is -1.36. The lowest BCUT2D eigenvalue weighted by Crippen LogP contribution is -1.91. The summed E-state index contributed by atoms with van der Waals surface area (Å²) in [6.07, 6.45) is 5.80. The SMILES string of the molecule is CCCCCCO.O=C(O)/C=C/C(=O)O. The van der Waals surface area contributed by atoms with Crippen LogP contribution >= 0.6 is 0 Å². The van der Waals surface area contributed by atoms with Crippen LogP contribution in [0.5, 0.6) is 0 Å². The van der Waals surface area contributed by atoms with Crippen LogP contribution in [-0.2, 0) is 9.59 Å². The van der Waals surface area contributed by atoms with Gasteiger partial charge in [-0.05, 0) is 6.42 Å². The van der Waals surface area contributed by atoms with Gasteiger partial charge in [0.15, 0.2) is 0 Å². The van der Waals surface area contributed by atoms with E-state index in [1.807, 2.05) is 0 Å². The van der Waals surface area contributed by atoms with Crippen LogP contribution in [0.2, 0.25) is 0 Å². The van der Waals surface area contributed by atoms with Gasteiger partial charge in [-0.25, -0.2) is 9.59 Å². The lowest BCUT2D eigenvalue weighted by molar-refractivity contribution is -0.134. The van der Waals surface area contributed by atoms with Gasteiger partial charge in [-0.15, -0.1) is 0 Å². The van der Waals surface area contributed by atoms with E-state index in [-0.39, 0.29) is 0 Å². The van der Waals surface area contributed by atoms with E-state index in [1.165, 1.54) is 19.3 Å². The fourth-order valence-electron chi connectivity index (χ4n) is 0.681. The molecule has 0 heterocycles. The number of carboxylic acid groups (broad SMARTS) is 2. The zero-order chi connectivity index (χ0) is 12.1. The number of aliphatic carboxylic acids is 2. The first-order valence-electron chi connectivity index (χ1n) is 4.79. The van der Waals surface area contributed by atoms with E-state index < -0.39 is 11.9 Å². The van der Waals surface area contributed by atoms with Crippen LogP contribution in [0.3, 0.4) is 0 Å². The minimum atomic E-state index is -1.26. The second-order valence-electron chi connectivity index (χ2n) is 2.79. The number of rotatable bonds is 6. The molecule has 0 radical (unpaired) electrons. The summed E-state index contributed by atoms with van der Waals surface area (Å²) >= 11 is 0. The first kappa shape index (κ1) is 16.1. The third kappa shape index (κ3) is 24.5. The molecular formula is C10H18O5. The van der Waals surface area contributed by atoms with Crippen LogP contribution in [0.1, 0.15) is 32.6 Å². The molecule has 0 fully saturated rings. The van der Waals surface area contributed by atoms with Crippen molar-refractivity contribution < 1.29 is 24.9 Å². The van der Waals surface area contributed by atoms with Gasteiger partial charge in [0.25, 0.3) is 0 Å². The van der Waals surface area contributed by atoms with Gasteiger partial charge in [0.05, 0.1) is 0 Å². The molecule has 0 atom stereocenters. The van der Waals surface area contributed by atoms with E-state index in [0.29, 0.717) is 18.8 Å². The summed E-state index contributed by atoms with van der Waals surface area (Å²) in [7, 11) is 0. The van der Waals surface area contributed by atoms with Gasteiger partial charge in [-0.2, -0.15) is 0 Å². The van der Waals surface area contributed by atoms with E-state index in [0.717, 1.165) is 6.42 Å². The van der Waals surface area contributed by atoms with Crippen molar-refractivity contribution in [2.24, 2.45) is 0 Å². The first-order valence-corrected chi connectivity index (χ1v) is 4.79. The van der Waals surface area contributed by atoms with Crippen LogP contribution in [0.15, 0.2) is 12.2 Å². The van der Waals surface area contributed by atoms with E-state index in [9.17, 15) is 9.59 Å². The Morgan fingerprint density at radius 3 is 1.73 bits per heavy atom. The maximum Gasteiger partial charge on any atom is 0.328 e. The second kappa shape index (κ2) is 12.6. The van der Waals surface area contributed by atoms with Crippen LogP contribution in [0.25, 0.3) is 0 Å². The van der Waals surface area contributed by atoms with Crippen LogP contribution < -0.4 is 0 Å². The smallest absolute Gasteiger partial charge is 0.328 e. The summed E-state index contributed by atoms with van der Waals surface area (Å²) in [4.78, 5) is 19.1. The standard InChI is InChI=1S/C6H14O.C4H4O4/c1-2-3-4-5-6-7;5-3(6)1-2-4(7)8/h7H,2-6H2,1H3;1-2H,(H,5,6)(H,7,8)/b;2-1+. The highest BCUT2D eigenvalue weighted by Gasteiger charge is 1.88. The predicted molar refractivity (Wildman–Crippen MR) is 55.6 cm³/mol. The van der Waals surface area contributed by atoms with Gasteiger partial charge in [0.2, 0.25) is 0 Å². The van der Waals surface area contributed by atoms with Crippen LogP contribution in [0, 0.1) is 0 Å². The van der Waals surface area contributed by atoms with Crippen LogP contribution in [0.4, 0.5) is 0 Å². The largest absolute Gasteiger partial charge is 0.478 e. The fraction of sp³-hybridized carbons (Fsp3) is 0.600. The Balaban J connectivity index is 0. The summed E-state index contributed by atoms with van der Waals surface area (Å²) in [5.41, 5.74) is 0. The number of aliphatic hydroxyl groups excluding tert-OH is 1. The van der Waals surface area contributed by atoms with Gasteiger partial charge >= 0.3 is 11.9 Å². The van der Waals surface area contributed by atoms with Crippen molar-refractivity contribution in [3.8, 4) is 0 Å². The Morgan fingerprint density at radius 2 is 1.47 bits per heavy atom. The Bertz CT molecular complexity index is 178. The molecule has 15 heavy (non-hydrogen) atoms. The maximum atomic E-state index is 9.55. The van der Waals surface area contributed by atoms with Crippen molar-refractivity contribution in [1.29, 1.82) is 0 Å². The van der Waals surface area contributed by atoms with Crippen molar-refractivity contribution in [3.05, 3.63) is 12.2 Å². The number of hydrogen-bond acceptors (Lipinski definition) is 3. The van der Waals surface area contributed by atoms with Gasteiger partial charge < -0.3 is 15.3 Å². The average molecular weight is 218 g/mol. The quantitative estimate of drug-likeness (QED) is 0.461. The zero-order valence-electron chi connectivity index (χ0n) is 8.85. The monoisotopic (exact) mass is 218 g/mol. The van der Waals surface area contributed by atoms with Crippen molar-refractivity contribution in [1.82, 2.24) is 0 Å². The van der Waals surface area contributed by atoms with Gasteiger partial charge in [0, 0.05) is 18.8 Å². The molecule has 0 bridgehead atoms. The predicted octanol–water partition coefficient (Wildman–Crippen LogP) is 1.27. The highest BCUT2D eigenvalue weighted by molar-refractivity contribution is 5.89. The molecule has 0 aliphatic rings. The molecule has 0 spiro atoms. The number of carboxylic acids is 2. The van der Waals surface area contributed by atoms with E-state index in [4.69, 9.17) is 15.3 Å². The molecule has 5 nitrogen and oxygen atoms in total. The van der Waals surface area contributed by atoms with Crippen molar-refractivity contribution in [2.75, 3.05) is 6.61 Å². The van der Waals surface area contributed by atoms with Crippen molar-refractivity contribution >= 4 is 11.9 Å². The third-order valence-corrected chi connectivity index (χ3v) is 1.38. The molecule has 88 valence electrons. The minimum absolute atomic E-state index is 0.361. The molecule has 0 unspecified atom stereocenters. The van der Waals surface area contributed by atoms with Gasteiger partial charge in [-0.1, -0.05) is 26.2 Å². The van der Waals surface area contributed by atoms with Gasteiger partial charge in [-0.3, -0.25) is 0 Å². The van der Waals surface area contributed by atoms with Crippen molar-refractivity contribution in [3.63, 3.8) is 0 Å². The Morgan fingerprint density at radius 1 is 1.00 bits per heavy atom. The van der Waals surface area contributed by atoms with E-state index >= 15 is 0 Å². The molecule has 0 aromatic rings. The third-order valence-electron chi connectivity index (χ3n) is 1.38. The highest BCUT2D eigenvalue weighted by Crippen LogP contribution is 1.96. The normalized spacial score (nSPS) is 9.47.